The molecule has 6 nitrogen and oxygen atoms in total. The molecule has 0 N–H and O–H groups in total. The van der Waals surface area contributed by atoms with Gasteiger partial charge in [-0.2, -0.15) is 0 Å². The van der Waals surface area contributed by atoms with E-state index in [1.54, 1.807) is 13.1 Å². The number of carbonyl (C=O) groups is 2. The number of likely N-dealkylation sites (N-methyl/N-ethyl adjacent to an activating group) is 1. The Hall–Kier alpha value is -3.41. The molecule has 130 valence electrons. The molecule has 1 aromatic heterocycles. The Bertz CT molecular complexity index is 937. The van der Waals surface area contributed by atoms with Crippen LogP contribution >= 0.6 is 0 Å². The van der Waals surface area contributed by atoms with E-state index in [1.165, 1.54) is 4.90 Å². The van der Waals surface area contributed by atoms with E-state index >= 15 is 0 Å². The number of rotatable bonds is 4. The van der Waals surface area contributed by atoms with Crippen LogP contribution in [-0.4, -0.2) is 35.1 Å². The van der Waals surface area contributed by atoms with E-state index < -0.39 is 12.1 Å². The van der Waals surface area contributed by atoms with Crippen molar-refractivity contribution in [3.8, 4) is 11.3 Å². The highest BCUT2D eigenvalue weighted by atomic mass is 16.5. The van der Waals surface area contributed by atoms with E-state index in [0.717, 1.165) is 16.0 Å². The third-order valence-electron chi connectivity index (χ3n) is 4.52. The van der Waals surface area contributed by atoms with Gasteiger partial charge in [0.2, 0.25) is 0 Å². The van der Waals surface area contributed by atoms with Crippen molar-refractivity contribution < 1.29 is 14.1 Å². The molecule has 2 heterocycles. The molecule has 6 heteroatoms. The lowest BCUT2D eigenvalue weighted by Crippen LogP contribution is -2.33. The first-order chi connectivity index (χ1) is 12.6. The highest BCUT2D eigenvalue weighted by Crippen LogP contribution is 2.29. The fraction of sp³-hybridized carbons (Fsp3) is 0.150. The highest BCUT2D eigenvalue weighted by Gasteiger charge is 2.45. The van der Waals surface area contributed by atoms with E-state index in [0.29, 0.717) is 12.2 Å². The van der Waals surface area contributed by atoms with Crippen LogP contribution < -0.4 is 4.90 Å². The Morgan fingerprint density at radius 3 is 2.35 bits per heavy atom. The largest absolute Gasteiger partial charge is 0.354 e. The predicted octanol–water partition coefficient (Wildman–Crippen LogP) is 3.35. The lowest BCUT2D eigenvalue weighted by Gasteiger charge is -2.15. The monoisotopic (exact) mass is 347 g/mol. The van der Waals surface area contributed by atoms with Crippen molar-refractivity contribution in [1.82, 2.24) is 10.1 Å². The number of hydrogen-bond acceptors (Lipinski definition) is 4. The van der Waals surface area contributed by atoms with E-state index in [-0.39, 0.29) is 11.7 Å². The average molecular weight is 347 g/mol. The van der Waals surface area contributed by atoms with Gasteiger partial charge in [-0.05, 0) is 5.56 Å². The SMILES string of the molecule is CN1C(=O)N(c2cc(-c3ccccc3)on2)C(=O)C1Cc1ccccc1. The third-order valence-corrected chi connectivity index (χ3v) is 4.52. The van der Waals surface area contributed by atoms with Crippen molar-refractivity contribution in [3.63, 3.8) is 0 Å². The van der Waals surface area contributed by atoms with Gasteiger partial charge >= 0.3 is 6.03 Å². The minimum Gasteiger partial charge on any atom is -0.354 e. The summed E-state index contributed by atoms with van der Waals surface area (Å²) in [6.45, 7) is 0. The van der Waals surface area contributed by atoms with E-state index in [1.807, 2.05) is 60.7 Å². The minimum atomic E-state index is -0.554. The van der Waals surface area contributed by atoms with Gasteiger partial charge in [-0.1, -0.05) is 65.8 Å². The Balaban J connectivity index is 1.60. The Morgan fingerprint density at radius 1 is 1.00 bits per heavy atom. The molecule has 1 fully saturated rings. The number of nitrogens with zero attached hydrogens (tertiary/aromatic N) is 3. The zero-order valence-corrected chi connectivity index (χ0v) is 14.2. The first-order valence-corrected chi connectivity index (χ1v) is 8.32. The second kappa shape index (κ2) is 6.48. The van der Waals surface area contributed by atoms with Crippen molar-refractivity contribution in [2.24, 2.45) is 0 Å². The number of benzene rings is 2. The molecule has 3 aromatic rings. The van der Waals surface area contributed by atoms with Crippen LogP contribution in [0.1, 0.15) is 5.56 Å². The van der Waals surface area contributed by atoms with E-state index in [4.69, 9.17) is 4.52 Å². The number of anilines is 1. The molecule has 0 saturated carbocycles. The summed E-state index contributed by atoms with van der Waals surface area (Å²) in [6, 6.07) is 19.7. The summed E-state index contributed by atoms with van der Waals surface area (Å²) in [5.74, 6) is 0.422. The van der Waals surface area contributed by atoms with Gasteiger partial charge in [0.15, 0.2) is 11.6 Å². The zero-order chi connectivity index (χ0) is 18.1. The Morgan fingerprint density at radius 2 is 1.65 bits per heavy atom. The molecule has 0 radical (unpaired) electrons. The molecule has 1 unspecified atom stereocenters. The summed E-state index contributed by atoms with van der Waals surface area (Å²) < 4.78 is 5.33. The van der Waals surface area contributed by atoms with Crippen LogP contribution in [0.3, 0.4) is 0 Å². The highest BCUT2D eigenvalue weighted by molar-refractivity contribution is 6.20. The molecule has 1 atom stereocenters. The molecule has 1 aliphatic heterocycles. The molecule has 0 spiro atoms. The molecular formula is C20H17N3O3. The Labute approximate surface area is 150 Å². The summed E-state index contributed by atoms with van der Waals surface area (Å²) in [5.41, 5.74) is 1.83. The van der Waals surface area contributed by atoms with Crippen LogP contribution in [0.4, 0.5) is 10.6 Å². The van der Waals surface area contributed by atoms with Gasteiger partial charge in [0.05, 0.1) is 0 Å². The van der Waals surface area contributed by atoms with Crippen LogP contribution in [0, 0.1) is 0 Å². The van der Waals surface area contributed by atoms with Crippen LogP contribution in [-0.2, 0) is 11.2 Å². The minimum absolute atomic E-state index is 0.210. The summed E-state index contributed by atoms with van der Waals surface area (Å²) in [6.07, 6.45) is 0.460. The smallest absolute Gasteiger partial charge is 0.333 e. The van der Waals surface area contributed by atoms with Gasteiger partial charge in [-0.3, -0.25) is 4.79 Å². The van der Waals surface area contributed by atoms with Crippen LogP contribution in [0.5, 0.6) is 0 Å². The maximum Gasteiger partial charge on any atom is 0.333 e. The maximum absolute atomic E-state index is 12.9. The van der Waals surface area contributed by atoms with Crippen LogP contribution in [0.25, 0.3) is 11.3 Å². The average Bonchev–Trinajstić information content (AvgIpc) is 3.23. The summed E-state index contributed by atoms with van der Waals surface area (Å²) in [5, 5.41) is 3.93. The number of amides is 3. The number of hydrogen-bond donors (Lipinski definition) is 0. The lowest BCUT2D eigenvalue weighted by molar-refractivity contribution is -0.119. The molecule has 3 amide bonds. The van der Waals surface area contributed by atoms with Crippen molar-refractivity contribution in [2.45, 2.75) is 12.5 Å². The number of urea groups is 1. The molecular weight excluding hydrogens is 330 g/mol. The van der Waals surface area contributed by atoms with Crippen molar-refractivity contribution >= 4 is 17.8 Å². The normalized spacial score (nSPS) is 17.2. The van der Waals surface area contributed by atoms with Gasteiger partial charge in [0.1, 0.15) is 6.04 Å². The molecule has 26 heavy (non-hydrogen) atoms. The second-order valence-electron chi connectivity index (χ2n) is 6.19. The van der Waals surface area contributed by atoms with Crippen molar-refractivity contribution in [1.29, 1.82) is 0 Å². The van der Waals surface area contributed by atoms with Gasteiger partial charge in [-0.25, -0.2) is 9.69 Å². The molecule has 1 saturated heterocycles. The summed E-state index contributed by atoms with van der Waals surface area (Å²) in [7, 11) is 1.63. The fourth-order valence-corrected chi connectivity index (χ4v) is 3.08. The zero-order valence-electron chi connectivity index (χ0n) is 14.2. The topological polar surface area (TPSA) is 66.7 Å². The number of imide groups is 1. The predicted molar refractivity (Wildman–Crippen MR) is 96.5 cm³/mol. The first-order valence-electron chi connectivity index (χ1n) is 8.32. The Kier molecular flexibility index (Phi) is 4.01. The van der Waals surface area contributed by atoms with Crippen molar-refractivity contribution in [3.05, 3.63) is 72.3 Å². The number of aromatic nitrogens is 1. The van der Waals surface area contributed by atoms with E-state index in [2.05, 4.69) is 5.16 Å². The van der Waals surface area contributed by atoms with E-state index in [9.17, 15) is 9.59 Å². The first kappa shape index (κ1) is 16.1. The molecule has 4 rings (SSSR count). The maximum atomic E-state index is 12.9. The van der Waals surface area contributed by atoms with Crippen LogP contribution in [0.2, 0.25) is 0 Å². The van der Waals surface area contributed by atoms with Crippen LogP contribution in [0.15, 0.2) is 71.3 Å². The number of carbonyl (C=O) groups excluding carboxylic acids is 2. The molecule has 1 aliphatic rings. The fourth-order valence-electron chi connectivity index (χ4n) is 3.08. The summed E-state index contributed by atoms with van der Waals surface area (Å²) in [4.78, 5) is 28.0. The lowest BCUT2D eigenvalue weighted by atomic mass is 10.1. The molecule has 0 bridgehead atoms. The standard InChI is InChI=1S/C20H17N3O3/c1-22-16(12-14-8-4-2-5-9-14)19(24)23(20(22)25)18-13-17(26-21-18)15-10-6-3-7-11-15/h2-11,13,16H,12H2,1H3. The molecule has 0 aliphatic carbocycles. The van der Waals surface area contributed by atoms with Gasteiger partial charge in [0.25, 0.3) is 5.91 Å². The second-order valence-corrected chi connectivity index (χ2v) is 6.19. The quantitative estimate of drug-likeness (QED) is 0.679. The van der Waals surface area contributed by atoms with Gasteiger partial charge in [0, 0.05) is 25.1 Å². The molecule has 2 aromatic carbocycles. The van der Waals surface area contributed by atoms with Gasteiger partial charge < -0.3 is 9.42 Å². The summed E-state index contributed by atoms with van der Waals surface area (Å²) >= 11 is 0. The third kappa shape index (κ3) is 2.75. The van der Waals surface area contributed by atoms with Crippen molar-refractivity contribution in [2.75, 3.05) is 11.9 Å². The van der Waals surface area contributed by atoms with Gasteiger partial charge in [-0.15, -0.1) is 0 Å².